The molecule has 2 heterocycles. The minimum absolute atomic E-state index is 0.0369. The second-order valence-electron chi connectivity index (χ2n) is 6.87. The van der Waals surface area contributed by atoms with Crippen LogP contribution in [-0.4, -0.2) is 16.3 Å². The Kier molecular flexibility index (Phi) is 4.34. The third-order valence-corrected chi connectivity index (χ3v) is 5.62. The van der Waals surface area contributed by atoms with E-state index in [0.29, 0.717) is 28.2 Å². The maximum Gasteiger partial charge on any atom is 0.264 e. The molecular formula is C18H18ClN5O2. The molecule has 1 aromatic carbocycles. The van der Waals surface area contributed by atoms with Crippen molar-refractivity contribution in [3.05, 3.63) is 49.8 Å². The molecule has 1 saturated carbocycles. The highest BCUT2D eigenvalue weighted by molar-refractivity contribution is 6.37. The first-order valence-corrected chi connectivity index (χ1v) is 9.09. The second-order valence-corrected chi connectivity index (χ2v) is 7.28. The molecule has 0 N–H and O–H groups in total. The maximum absolute atomic E-state index is 13.3. The molecule has 134 valence electrons. The van der Waals surface area contributed by atoms with Crippen molar-refractivity contribution in [2.75, 3.05) is 6.54 Å². The zero-order chi connectivity index (χ0) is 18.3. The van der Waals surface area contributed by atoms with Gasteiger partial charge in [-0.1, -0.05) is 40.8 Å². The van der Waals surface area contributed by atoms with Crippen LogP contribution in [0.2, 0.25) is 5.02 Å². The van der Waals surface area contributed by atoms with Crippen LogP contribution in [0.3, 0.4) is 0 Å². The second kappa shape index (κ2) is 6.67. The van der Waals surface area contributed by atoms with E-state index >= 15 is 0 Å². The number of nitrogens with zero attached hydrogens (tertiary/aromatic N) is 5. The van der Waals surface area contributed by atoms with E-state index in [9.17, 15) is 4.79 Å². The van der Waals surface area contributed by atoms with Gasteiger partial charge in [0, 0.05) is 22.9 Å². The van der Waals surface area contributed by atoms with Crippen molar-refractivity contribution in [1.29, 1.82) is 0 Å². The normalized spacial score (nSPS) is 20.4. The molecule has 3 aromatic rings. The third kappa shape index (κ3) is 2.64. The number of azide groups is 1. The van der Waals surface area contributed by atoms with Crippen LogP contribution in [0.1, 0.15) is 37.5 Å². The van der Waals surface area contributed by atoms with Crippen LogP contribution >= 0.6 is 11.6 Å². The van der Waals surface area contributed by atoms with Gasteiger partial charge in [-0.25, -0.2) is 0 Å². The number of aryl methyl sites for hydroxylation is 1. The van der Waals surface area contributed by atoms with Gasteiger partial charge in [0.2, 0.25) is 0 Å². The van der Waals surface area contributed by atoms with Crippen molar-refractivity contribution in [2.45, 2.75) is 38.6 Å². The van der Waals surface area contributed by atoms with Gasteiger partial charge < -0.3 is 9.09 Å². The summed E-state index contributed by atoms with van der Waals surface area (Å²) in [5, 5.41) is 9.60. The Morgan fingerprint density at radius 2 is 2.27 bits per heavy atom. The Labute approximate surface area is 154 Å². The van der Waals surface area contributed by atoms with Gasteiger partial charge in [-0.2, -0.15) is 0 Å². The highest BCUT2D eigenvalue weighted by Gasteiger charge is 2.27. The van der Waals surface area contributed by atoms with Crippen LogP contribution in [0, 0.1) is 12.8 Å². The summed E-state index contributed by atoms with van der Waals surface area (Å²) in [5.41, 5.74) is 9.79. The van der Waals surface area contributed by atoms with Crippen LogP contribution in [0.25, 0.3) is 32.2 Å². The predicted octanol–water partition coefficient (Wildman–Crippen LogP) is 5.15. The van der Waals surface area contributed by atoms with E-state index in [0.717, 1.165) is 36.6 Å². The van der Waals surface area contributed by atoms with Crippen LogP contribution < -0.4 is 5.56 Å². The quantitative estimate of drug-likeness (QED) is 0.362. The molecule has 2 atom stereocenters. The Bertz CT molecular complexity index is 1100. The number of fused-ring (bicyclic) bond motifs is 3. The number of benzene rings is 1. The summed E-state index contributed by atoms with van der Waals surface area (Å²) in [7, 11) is 0. The molecular weight excluding hydrogens is 354 g/mol. The average molecular weight is 372 g/mol. The molecule has 0 bridgehead atoms. The maximum atomic E-state index is 13.3. The summed E-state index contributed by atoms with van der Waals surface area (Å²) in [5.74, 6) is 0.784. The molecule has 8 heteroatoms. The first-order valence-electron chi connectivity index (χ1n) is 8.71. The summed E-state index contributed by atoms with van der Waals surface area (Å²) < 4.78 is 7.14. The van der Waals surface area contributed by atoms with Crippen LogP contribution in [0.15, 0.2) is 32.6 Å². The van der Waals surface area contributed by atoms with Crippen molar-refractivity contribution >= 4 is 33.4 Å². The van der Waals surface area contributed by atoms with E-state index in [1.165, 1.54) is 0 Å². The summed E-state index contributed by atoms with van der Waals surface area (Å²) in [6.07, 6.45) is 3.71. The largest absolute Gasteiger partial charge is 0.360 e. The lowest BCUT2D eigenvalue weighted by Crippen LogP contribution is -2.30. The van der Waals surface area contributed by atoms with Crippen molar-refractivity contribution in [3.8, 4) is 0 Å². The molecule has 26 heavy (non-hydrogen) atoms. The molecule has 0 spiro atoms. The van der Waals surface area contributed by atoms with Crippen LogP contribution in [0.4, 0.5) is 0 Å². The zero-order valence-corrected chi connectivity index (χ0v) is 15.1. The van der Waals surface area contributed by atoms with Crippen molar-refractivity contribution in [2.24, 2.45) is 11.0 Å². The first-order chi connectivity index (χ1) is 12.6. The standard InChI is InChI=1S/C18H18ClN5O2/c1-10-15-17(22-26-10)16-13(19)6-3-7-14(16)24(18(15)25)12-5-2-4-11(8-12)9-21-23-20/h3,6-7,11-12H,2,4-5,8-9H2,1H3. The van der Waals surface area contributed by atoms with E-state index in [2.05, 4.69) is 15.2 Å². The van der Waals surface area contributed by atoms with Gasteiger partial charge in [0.1, 0.15) is 16.7 Å². The number of aromatic nitrogens is 2. The number of pyridine rings is 1. The molecule has 2 aromatic heterocycles. The molecule has 7 nitrogen and oxygen atoms in total. The Morgan fingerprint density at radius 1 is 1.42 bits per heavy atom. The lowest BCUT2D eigenvalue weighted by atomic mass is 9.85. The summed E-state index contributed by atoms with van der Waals surface area (Å²) in [4.78, 5) is 16.2. The van der Waals surface area contributed by atoms with Crippen molar-refractivity contribution in [3.63, 3.8) is 0 Å². The molecule has 4 rings (SSSR count). The number of halogens is 1. The fourth-order valence-corrected chi connectivity index (χ4v) is 4.41. The van der Waals surface area contributed by atoms with E-state index < -0.39 is 0 Å². The lowest BCUT2D eigenvalue weighted by molar-refractivity contribution is 0.273. The highest BCUT2D eigenvalue weighted by atomic mass is 35.5. The van der Waals surface area contributed by atoms with Gasteiger partial charge in [0.25, 0.3) is 5.56 Å². The van der Waals surface area contributed by atoms with E-state index in [1.807, 2.05) is 16.7 Å². The molecule has 0 aliphatic heterocycles. The molecule has 0 amide bonds. The summed E-state index contributed by atoms with van der Waals surface area (Å²) in [6, 6.07) is 5.59. The van der Waals surface area contributed by atoms with Gasteiger partial charge in [0.15, 0.2) is 0 Å². The van der Waals surface area contributed by atoms with Gasteiger partial charge in [-0.3, -0.25) is 4.79 Å². The summed E-state index contributed by atoms with van der Waals surface area (Å²) in [6.45, 7) is 2.21. The van der Waals surface area contributed by atoms with Crippen LogP contribution in [-0.2, 0) is 0 Å². The smallest absolute Gasteiger partial charge is 0.264 e. The van der Waals surface area contributed by atoms with E-state index in [4.69, 9.17) is 21.7 Å². The minimum Gasteiger partial charge on any atom is -0.360 e. The topological polar surface area (TPSA) is 96.8 Å². The van der Waals surface area contributed by atoms with Gasteiger partial charge in [-0.15, -0.1) is 0 Å². The fraction of sp³-hybridized carbons (Fsp3) is 0.444. The van der Waals surface area contributed by atoms with Crippen LogP contribution in [0.5, 0.6) is 0 Å². The number of hydrogen-bond acceptors (Lipinski definition) is 4. The Morgan fingerprint density at radius 3 is 3.08 bits per heavy atom. The summed E-state index contributed by atoms with van der Waals surface area (Å²) >= 11 is 6.45. The zero-order valence-electron chi connectivity index (χ0n) is 14.4. The average Bonchev–Trinajstić information content (AvgIpc) is 3.02. The molecule has 2 unspecified atom stereocenters. The molecule has 1 aliphatic rings. The third-order valence-electron chi connectivity index (χ3n) is 5.31. The van der Waals surface area contributed by atoms with E-state index in [-0.39, 0.29) is 17.5 Å². The van der Waals surface area contributed by atoms with Gasteiger partial charge in [-0.05, 0) is 43.3 Å². The van der Waals surface area contributed by atoms with Gasteiger partial charge >= 0.3 is 0 Å². The van der Waals surface area contributed by atoms with Gasteiger partial charge in [0.05, 0.1) is 10.5 Å². The Hall–Kier alpha value is -2.50. The minimum atomic E-state index is -0.0945. The van der Waals surface area contributed by atoms with Crippen molar-refractivity contribution in [1.82, 2.24) is 9.72 Å². The molecule has 0 radical (unpaired) electrons. The first kappa shape index (κ1) is 16.9. The number of rotatable bonds is 3. The molecule has 1 aliphatic carbocycles. The monoisotopic (exact) mass is 371 g/mol. The fourth-order valence-electron chi connectivity index (χ4n) is 4.15. The number of hydrogen-bond donors (Lipinski definition) is 0. The molecule has 0 saturated heterocycles. The molecule has 1 fully saturated rings. The predicted molar refractivity (Wildman–Crippen MR) is 101 cm³/mol. The van der Waals surface area contributed by atoms with E-state index in [1.54, 1.807) is 13.0 Å². The SMILES string of the molecule is Cc1onc2c1c(=O)n(C1CCCC(CN=[N+]=[N-])C1)c1cccc(Cl)c21. The van der Waals surface area contributed by atoms with Crippen molar-refractivity contribution < 1.29 is 4.52 Å². The Balaban J connectivity index is 1.95. The lowest BCUT2D eigenvalue weighted by Gasteiger charge is -2.30. The highest BCUT2D eigenvalue weighted by Crippen LogP contribution is 2.37.